The number of aryl methyl sites for hydroxylation is 1. The Morgan fingerprint density at radius 3 is 3.09 bits per heavy atom. The second-order valence-electron chi connectivity index (χ2n) is 5.75. The normalized spacial score (nSPS) is 15.3. The molecular formula is C17H25N5O. The van der Waals surface area contributed by atoms with Crippen LogP contribution in [-0.2, 0) is 0 Å². The predicted molar refractivity (Wildman–Crippen MR) is 95.0 cm³/mol. The monoisotopic (exact) mass is 315 g/mol. The van der Waals surface area contributed by atoms with Gasteiger partial charge in [0.25, 0.3) is 0 Å². The van der Waals surface area contributed by atoms with Crippen molar-refractivity contribution in [1.82, 2.24) is 15.3 Å². The number of carbonyl (C=O) groups excluding carboxylic acids is 1. The van der Waals surface area contributed by atoms with Crippen molar-refractivity contribution in [2.24, 2.45) is 0 Å². The molecule has 0 aromatic carbocycles. The molecule has 0 radical (unpaired) electrons. The summed E-state index contributed by atoms with van der Waals surface area (Å²) in [6.07, 6.45) is 2.72. The number of pyridine rings is 2. The second kappa shape index (κ2) is 6.75. The van der Waals surface area contributed by atoms with Crippen LogP contribution in [0.25, 0.3) is 0 Å². The number of nitrogen functional groups attached to an aromatic ring is 1. The maximum atomic E-state index is 12.7. The lowest BCUT2D eigenvalue weighted by Crippen LogP contribution is -2.29. The highest BCUT2D eigenvalue weighted by Crippen LogP contribution is 2.18. The molecule has 23 heavy (non-hydrogen) atoms. The van der Waals surface area contributed by atoms with E-state index in [4.69, 9.17) is 5.73 Å². The van der Waals surface area contributed by atoms with Gasteiger partial charge in [-0.2, -0.15) is 0 Å². The fourth-order valence-electron chi connectivity index (χ4n) is 2.70. The molecule has 2 aromatic heterocycles. The van der Waals surface area contributed by atoms with Crippen molar-refractivity contribution < 1.29 is 7.65 Å². The number of nitrogens with two attached hydrogens (primary N) is 1. The van der Waals surface area contributed by atoms with Gasteiger partial charge in [-0.15, -0.1) is 0 Å². The molecule has 3 heterocycles. The zero-order valence-electron chi connectivity index (χ0n) is 13.2. The Bertz CT molecular complexity index is 718. The number of carbonyl (C=O) groups is 1. The van der Waals surface area contributed by atoms with Crippen molar-refractivity contribution in [3.63, 3.8) is 0 Å². The van der Waals surface area contributed by atoms with E-state index in [9.17, 15) is 4.79 Å². The van der Waals surface area contributed by atoms with E-state index in [1.165, 1.54) is 0 Å². The predicted octanol–water partition coefficient (Wildman–Crippen LogP) is 1.89. The van der Waals surface area contributed by atoms with Gasteiger partial charge >= 0.3 is 0 Å². The van der Waals surface area contributed by atoms with Gasteiger partial charge in [-0.25, -0.2) is 9.97 Å². The minimum atomic E-state index is -0.187. The first-order valence-corrected chi connectivity index (χ1v) is 7.85. The average Bonchev–Trinajstić information content (AvgIpc) is 2.86. The van der Waals surface area contributed by atoms with E-state index >= 15 is 0 Å². The number of rotatable bonds is 3. The topological polar surface area (TPSA) is 84.1 Å². The van der Waals surface area contributed by atoms with E-state index < -0.39 is 0 Å². The molecule has 0 saturated carbocycles. The van der Waals surface area contributed by atoms with Gasteiger partial charge in [0.15, 0.2) is 0 Å². The third kappa shape index (κ3) is 3.48. The number of aromatic nitrogens is 2. The van der Waals surface area contributed by atoms with Crippen LogP contribution in [0.2, 0.25) is 0 Å². The number of hydrogen-bond donors (Lipinski definition) is 2. The van der Waals surface area contributed by atoms with Gasteiger partial charge in [-0.1, -0.05) is 6.07 Å². The quantitative estimate of drug-likeness (QED) is 0.842. The van der Waals surface area contributed by atoms with E-state index in [0.717, 1.165) is 44.0 Å². The van der Waals surface area contributed by atoms with Crippen LogP contribution in [0.4, 0.5) is 11.6 Å². The summed E-state index contributed by atoms with van der Waals surface area (Å²) in [6.45, 7) is 5.65. The smallest absolute Gasteiger partial charge is 0.215 e. The van der Waals surface area contributed by atoms with Crippen LogP contribution < -0.4 is 16.0 Å². The van der Waals surface area contributed by atoms with Crippen LogP contribution in [0, 0.1) is 6.92 Å². The first kappa shape index (κ1) is 15.4. The number of hydrogen-bond acceptors (Lipinski definition) is 6. The van der Waals surface area contributed by atoms with E-state index in [2.05, 4.69) is 20.2 Å². The third-order valence-corrected chi connectivity index (χ3v) is 3.93. The molecule has 3 N–H and O–H groups in total. The Morgan fingerprint density at radius 1 is 1.35 bits per heavy atom. The summed E-state index contributed by atoms with van der Waals surface area (Å²) in [5.74, 6) is 0.888. The van der Waals surface area contributed by atoms with Crippen LogP contribution in [0.3, 0.4) is 0 Å². The summed E-state index contributed by atoms with van der Waals surface area (Å²) in [5, 5.41) is 3.36. The van der Waals surface area contributed by atoms with Crippen molar-refractivity contribution in [2.45, 2.75) is 13.3 Å². The minimum Gasteiger partial charge on any atom is -0.383 e. The van der Waals surface area contributed by atoms with Gasteiger partial charge in [0, 0.05) is 28.7 Å². The van der Waals surface area contributed by atoms with E-state index in [-0.39, 0.29) is 14.5 Å². The average molecular weight is 315 g/mol. The zero-order chi connectivity index (χ0) is 16.2. The largest absolute Gasteiger partial charge is 0.383 e. The van der Waals surface area contributed by atoms with Gasteiger partial charge in [0.05, 0.1) is 5.56 Å². The molecule has 6 heteroatoms. The number of anilines is 2. The lowest BCUT2D eigenvalue weighted by atomic mass is 10.1. The van der Waals surface area contributed by atoms with E-state index in [0.29, 0.717) is 11.3 Å². The lowest BCUT2D eigenvalue weighted by molar-refractivity contribution is 0.103. The molecule has 0 spiro atoms. The van der Waals surface area contributed by atoms with Crippen molar-refractivity contribution in [3.8, 4) is 0 Å². The zero-order valence-corrected chi connectivity index (χ0v) is 13.2. The Balaban J connectivity index is 0.00000156. The Morgan fingerprint density at radius 2 is 2.22 bits per heavy atom. The molecule has 0 unspecified atom stereocenters. The molecule has 124 valence electrons. The maximum Gasteiger partial charge on any atom is 0.215 e. The summed E-state index contributed by atoms with van der Waals surface area (Å²) in [4.78, 5) is 23.5. The molecular weight excluding hydrogens is 290 g/mol. The van der Waals surface area contributed by atoms with Gasteiger partial charge < -0.3 is 16.0 Å². The highest BCUT2D eigenvalue weighted by Gasteiger charge is 2.17. The molecule has 2 aromatic rings. The summed E-state index contributed by atoms with van der Waals surface area (Å²) in [7, 11) is 0. The van der Waals surface area contributed by atoms with Crippen LogP contribution in [0.5, 0.6) is 0 Å². The Hall–Kier alpha value is -2.47. The summed E-state index contributed by atoms with van der Waals surface area (Å²) >= 11 is 0. The van der Waals surface area contributed by atoms with Crippen LogP contribution in [0.1, 0.15) is 30.9 Å². The van der Waals surface area contributed by atoms with Crippen molar-refractivity contribution >= 4 is 17.4 Å². The fraction of sp³-hybridized carbons (Fsp3) is 0.353. The molecule has 1 aliphatic rings. The third-order valence-electron chi connectivity index (χ3n) is 3.93. The minimum absolute atomic E-state index is 0. The molecule has 0 aliphatic carbocycles. The van der Waals surface area contributed by atoms with E-state index in [1.54, 1.807) is 18.3 Å². The Kier molecular flexibility index (Phi) is 4.52. The van der Waals surface area contributed by atoms with E-state index in [1.807, 2.05) is 19.1 Å². The molecule has 3 rings (SSSR count). The summed E-state index contributed by atoms with van der Waals surface area (Å²) in [6, 6.07) is 7.30. The van der Waals surface area contributed by atoms with Crippen molar-refractivity contribution in [2.75, 3.05) is 36.8 Å². The highest BCUT2D eigenvalue weighted by molar-refractivity contribution is 6.10. The SMILES string of the molecule is Cc1cnc(N)c(C(=O)c2cccc(N3CCCNCC3)n2)c1.[HH].[HH]. The summed E-state index contributed by atoms with van der Waals surface area (Å²) in [5.41, 5.74) is 7.56. The molecule has 6 nitrogen and oxygen atoms in total. The lowest BCUT2D eigenvalue weighted by Gasteiger charge is -2.21. The van der Waals surface area contributed by atoms with Crippen LogP contribution >= 0.6 is 0 Å². The van der Waals surface area contributed by atoms with Crippen LogP contribution in [0.15, 0.2) is 30.5 Å². The first-order chi connectivity index (χ1) is 11.1. The molecule has 1 fully saturated rings. The molecule has 0 amide bonds. The standard InChI is InChI=1S/C17H21N5O.2H2/c1-12-10-13(17(18)20-11-12)16(23)14-4-2-5-15(21-14)22-8-3-6-19-7-9-22;;/h2,4-5,10-11,19H,3,6-9H2,1H3,(H2,18,20);2*1H. The number of nitrogens with zero attached hydrogens (tertiary/aromatic N) is 3. The van der Waals surface area contributed by atoms with Crippen LogP contribution in [-0.4, -0.2) is 41.9 Å². The van der Waals surface area contributed by atoms with Gasteiger partial charge in [-0.05, 0) is 43.7 Å². The number of nitrogens with one attached hydrogen (secondary N) is 1. The second-order valence-corrected chi connectivity index (χ2v) is 5.75. The number of ketones is 1. The Labute approximate surface area is 138 Å². The maximum absolute atomic E-state index is 12.7. The molecule has 1 saturated heterocycles. The fourth-order valence-corrected chi connectivity index (χ4v) is 2.70. The van der Waals surface area contributed by atoms with Gasteiger partial charge in [0.2, 0.25) is 5.78 Å². The molecule has 1 aliphatic heterocycles. The van der Waals surface area contributed by atoms with Crippen molar-refractivity contribution in [3.05, 3.63) is 47.3 Å². The highest BCUT2D eigenvalue weighted by atomic mass is 16.1. The molecule has 0 bridgehead atoms. The van der Waals surface area contributed by atoms with Gasteiger partial charge in [0.1, 0.15) is 17.3 Å². The first-order valence-electron chi connectivity index (χ1n) is 7.85. The van der Waals surface area contributed by atoms with Gasteiger partial charge in [-0.3, -0.25) is 4.79 Å². The summed E-state index contributed by atoms with van der Waals surface area (Å²) < 4.78 is 0. The van der Waals surface area contributed by atoms with Crippen molar-refractivity contribution in [1.29, 1.82) is 0 Å². The molecule has 0 atom stereocenters.